The van der Waals surface area contributed by atoms with Crippen LogP contribution < -0.4 is 4.74 Å². The van der Waals surface area contributed by atoms with Crippen molar-refractivity contribution in [2.75, 3.05) is 26.4 Å². The SMILES string of the molecule is CCc1ccc2c(c1)C(SCCN(C)C)c1ccccc1CO2. The van der Waals surface area contributed by atoms with Crippen LogP contribution >= 0.6 is 11.8 Å². The fourth-order valence-corrected chi connectivity index (χ4v) is 4.41. The van der Waals surface area contributed by atoms with Gasteiger partial charge in [0.1, 0.15) is 12.4 Å². The van der Waals surface area contributed by atoms with E-state index in [4.69, 9.17) is 4.74 Å². The second-order valence-corrected chi connectivity index (χ2v) is 7.48. The molecule has 0 aliphatic carbocycles. The van der Waals surface area contributed by atoms with E-state index < -0.39 is 0 Å². The van der Waals surface area contributed by atoms with Crippen LogP contribution in [0, 0.1) is 0 Å². The molecular formula is C20H25NOS. The lowest BCUT2D eigenvalue weighted by atomic mass is 9.98. The van der Waals surface area contributed by atoms with Crippen LogP contribution in [0.1, 0.15) is 34.4 Å². The van der Waals surface area contributed by atoms with Gasteiger partial charge in [0.15, 0.2) is 0 Å². The minimum absolute atomic E-state index is 0.357. The fourth-order valence-electron chi connectivity index (χ4n) is 2.93. The summed E-state index contributed by atoms with van der Waals surface area (Å²) in [6.45, 7) is 3.97. The zero-order valence-electron chi connectivity index (χ0n) is 14.2. The molecule has 0 saturated carbocycles. The molecule has 1 aliphatic rings. The van der Waals surface area contributed by atoms with E-state index in [-0.39, 0.29) is 0 Å². The summed E-state index contributed by atoms with van der Waals surface area (Å²) in [7, 11) is 4.27. The third-order valence-electron chi connectivity index (χ3n) is 4.31. The topological polar surface area (TPSA) is 12.5 Å². The van der Waals surface area contributed by atoms with Gasteiger partial charge >= 0.3 is 0 Å². The highest BCUT2D eigenvalue weighted by atomic mass is 32.2. The predicted octanol–water partition coefficient (Wildman–Crippen LogP) is 4.53. The van der Waals surface area contributed by atoms with Crippen molar-refractivity contribution in [3.63, 3.8) is 0 Å². The van der Waals surface area contributed by atoms with E-state index in [9.17, 15) is 0 Å². The molecule has 1 heterocycles. The lowest BCUT2D eigenvalue weighted by Crippen LogP contribution is -2.15. The summed E-state index contributed by atoms with van der Waals surface area (Å²) in [4.78, 5) is 2.25. The Morgan fingerprint density at radius 1 is 1.13 bits per heavy atom. The zero-order chi connectivity index (χ0) is 16.2. The van der Waals surface area contributed by atoms with E-state index in [0.29, 0.717) is 11.9 Å². The summed E-state index contributed by atoms with van der Waals surface area (Å²) in [5.74, 6) is 2.16. The van der Waals surface area contributed by atoms with Crippen LogP contribution in [-0.4, -0.2) is 31.3 Å². The van der Waals surface area contributed by atoms with Crippen molar-refractivity contribution in [1.82, 2.24) is 4.90 Å². The van der Waals surface area contributed by atoms with E-state index in [2.05, 4.69) is 68.4 Å². The van der Waals surface area contributed by atoms with Gasteiger partial charge < -0.3 is 9.64 Å². The molecule has 0 fully saturated rings. The molecular weight excluding hydrogens is 302 g/mol. The summed E-state index contributed by atoms with van der Waals surface area (Å²) in [5.41, 5.74) is 5.43. The average molecular weight is 327 g/mol. The molecule has 1 unspecified atom stereocenters. The molecule has 23 heavy (non-hydrogen) atoms. The van der Waals surface area contributed by atoms with E-state index in [0.717, 1.165) is 24.5 Å². The molecule has 0 spiro atoms. The van der Waals surface area contributed by atoms with Crippen molar-refractivity contribution in [3.05, 3.63) is 64.7 Å². The molecule has 3 heteroatoms. The second-order valence-electron chi connectivity index (χ2n) is 6.27. The van der Waals surface area contributed by atoms with Gasteiger partial charge in [-0.25, -0.2) is 0 Å². The number of thioether (sulfide) groups is 1. The lowest BCUT2D eigenvalue weighted by molar-refractivity contribution is 0.307. The smallest absolute Gasteiger partial charge is 0.124 e. The van der Waals surface area contributed by atoms with Gasteiger partial charge in [-0.05, 0) is 43.3 Å². The van der Waals surface area contributed by atoms with Gasteiger partial charge in [0, 0.05) is 17.9 Å². The highest BCUT2D eigenvalue weighted by Gasteiger charge is 2.25. The van der Waals surface area contributed by atoms with Crippen molar-refractivity contribution in [2.24, 2.45) is 0 Å². The maximum absolute atomic E-state index is 6.11. The molecule has 3 rings (SSSR count). The average Bonchev–Trinajstić information content (AvgIpc) is 2.71. The van der Waals surface area contributed by atoms with Crippen molar-refractivity contribution >= 4 is 11.8 Å². The van der Waals surface area contributed by atoms with Crippen LogP contribution in [0.4, 0.5) is 0 Å². The first-order valence-electron chi connectivity index (χ1n) is 8.28. The zero-order valence-corrected chi connectivity index (χ0v) is 15.0. The van der Waals surface area contributed by atoms with Gasteiger partial charge in [0.05, 0.1) is 5.25 Å². The summed E-state index contributed by atoms with van der Waals surface area (Å²) >= 11 is 2.02. The minimum Gasteiger partial charge on any atom is -0.489 e. The maximum atomic E-state index is 6.11. The fraction of sp³-hybridized carbons (Fsp3) is 0.400. The first-order valence-corrected chi connectivity index (χ1v) is 9.33. The molecule has 2 aromatic carbocycles. The number of ether oxygens (including phenoxy) is 1. The second kappa shape index (κ2) is 7.41. The Bertz CT molecular complexity index is 668. The van der Waals surface area contributed by atoms with Crippen LogP contribution in [0.5, 0.6) is 5.75 Å². The van der Waals surface area contributed by atoms with Crippen LogP contribution in [0.2, 0.25) is 0 Å². The third-order valence-corrected chi connectivity index (χ3v) is 5.57. The van der Waals surface area contributed by atoms with Gasteiger partial charge in [0.2, 0.25) is 0 Å². The highest BCUT2D eigenvalue weighted by Crippen LogP contribution is 2.44. The molecule has 0 N–H and O–H groups in total. The van der Waals surface area contributed by atoms with Crippen molar-refractivity contribution in [3.8, 4) is 5.75 Å². The summed E-state index contributed by atoms with van der Waals surface area (Å²) < 4.78 is 6.11. The number of benzene rings is 2. The number of hydrogen-bond acceptors (Lipinski definition) is 3. The predicted molar refractivity (Wildman–Crippen MR) is 99.4 cm³/mol. The normalized spacial score (nSPS) is 16.4. The van der Waals surface area contributed by atoms with Gasteiger partial charge in [-0.2, -0.15) is 0 Å². The number of hydrogen-bond donors (Lipinski definition) is 0. The lowest BCUT2D eigenvalue weighted by Gasteiger charge is -2.20. The van der Waals surface area contributed by atoms with Gasteiger partial charge in [-0.1, -0.05) is 43.3 Å². The Hall–Kier alpha value is -1.45. The molecule has 0 radical (unpaired) electrons. The molecule has 1 atom stereocenters. The Kier molecular flexibility index (Phi) is 5.29. The van der Waals surface area contributed by atoms with Crippen molar-refractivity contribution in [2.45, 2.75) is 25.2 Å². The quantitative estimate of drug-likeness (QED) is 0.801. The first kappa shape index (κ1) is 16.4. The first-order chi connectivity index (χ1) is 11.2. The summed E-state index contributed by atoms with van der Waals surface area (Å²) in [5, 5.41) is 0.357. The Morgan fingerprint density at radius 3 is 2.74 bits per heavy atom. The van der Waals surface area contributed by atoms with Crippen molar-refractivity contribution in [1.29, 1.82) is 0 Å². The van der Waals surface area contributed by atoms with E-state index in [1.807, 2.05) is 11.8 Å². The van der Waals surface area contributed by atoms with E-state index in [1.165, 1.54) is 22.3 Å². The summed E-state index contributed by atoms with van der Waals surface area (Å²) in [6, 6.07) is 15.4. The molecule has 122 valence electrons. The van der Waals surface area contributed by atoms with Crippen LogP contribution in [-0.2, 0) is 13.0 Å². The maximum Gasteiger partial charge on any atom is 0.124 e. The molecule has 0 bridgehead atoms. The standard InChI is InChI=1S/C20H25NOS/c1-4-15-9-10-19-18(13-15)20(23-12-11-21(2)3)17-8-6-5-7-16(17)14-22-19/h5-10,13,20H,4,11-12,14H2,1-3H3. The molecule has 0 aromatic heterocycles. The Labute approximate surface area is 143 Å². The number of aryl methyl sites for hydroxylation is 1. The van der Waals surface area contributed by atoms with Crippen LogP contribution in [0.25, 0.3) is 0 Å². The third kappa shape index (κ3) is 3.73. The molecule has 1 aliphatic heterocycles. The van der Waals surface area contributed by atoms with Gasteiger partial charge in [-0.15, -0.1) is 11.8 Å². The summed E-state index contributed by atoms with van der Waals surface area (Å²) in [6.07, 6.45) is 1.06. The Morgan fingerprint density at radius 2 is 1.96 bits per heavy atom. The van der Waals surface area contributed by atoms with Crippen molar-refractivity contribution < 1.29 is 4.74 Å². The van der Waals surface area contributed by atoms with Crippen LogP contribution in [0.15, 0.2) is 42.5 Å². The number of rotatable bonds is 5. The molecule has 0 amide bonds. The van der Waals surface area contributed by atoms with Gasteiger partial charge in [0.25, 0.3) is 0 Å². The molecule has 0 saturated heterocycles. The monoisotopic (exact) mass is 327 g/mol. The van der Waals surface area contributed by atoms with Crippen LogP contribution in [0.3, 0.4) is 0 Å². The largest absolute Gasteiger partial charge is 0.489 e. The molecule has 2 nitrogen and oxygen atoms in total. The number of fused-ring (bicyclic) bond motifs is 2. The van der Waals surface area contributed by atoms with E-state index in [1.54, 1.807) is 0 Å². The Balaban J connectivity index is 1.99. The molecule has 2 aromatic rings. The number of nitrogens with zero attached hydrogens (tertiary/aromatic N) is 1. The highest BCUT2D eigenvalue weighted by molar-refractivity contribution is 7.99. The van der Waals surface area contributed by atoms with E-state index >= 15 is 0 Å². The van der Waals surface area contributed by atoms with Gasteiger partial charge in [-0.3, -0.25) is 0 Å². The minimum atomic E-state index is 0.357.